The van der Waals surface area contributed by atoms with Crippen LogP contribution in [0.15, 0.2) is 29.4 Å². The minimum absolute atomic E-state index is 0.0277. The number of hydrogen-bond acceptors (Lipinski definition) is 4. The zero-order valence-electron chi connectivity index (χ0n) is 15.7. The molecule has 0 aliphatic heterocycles. The van der Waals surface area contributed by atoms with Crippen LogP contribution in [0.25, 0.3) is 0 Å². The van der Waals surface area contributed by atoms with Crippen LogP contribution in [0, 0.1) is 5.41 Å². The highest BCUT2D eigenvalue weighted by molar-refractivity contribution is 6.05. The van der Waals surface area contributed by atoms with Gasteiger partial charge in [0.25, 0.3) is 5.91 Å². The van der Waals surface area contributed by atoms with E-state index < -0.39 is 0 Å². The van der Waals surface area contributed by atoms with E-state index in [2.05, 4.69) is 15.8 Å². The van der Waals surface area contributed by atoms with Gasteiger partial charge in [-0.2, -0.15) is 5.10 Å². The summed E-state index contributed by atoms with van der Waals surface area (Å²) in [7, 11) is 0. The Morgan fingerprint density at radius 3 is 2.46 bits per heavy atom. The van der Waals surface area contributed by atoms with E-state index in [1.165, 1.54) is 0 Å². The van der Waals surface area contributed by atoms with Crippen molar-refractivity contribution < 1.29 is 14.4 Å². The fraction of sp³-hybridized carbons (Fsp3) is 0.500. The van der Waals surface area contributed by atoms with E-state index in [0.717, 1.165) is 12.8 Å². The van der Waals surface area contributed by atoms with Gasteiger partial charge in [-0.05, 0) is 42.5 Å². The number of carbonyl (C=O) groups excluding carboxylic acids is 3. The van der Waals surface area contributed by atoms with Crippen molar-refractivity contribution in [3.8, 4) is 0 Å². The lowest BCUT2D eigenvalue weighted by Gasteiger charge is -2.28. The van der Waals surface area contributed by atoms with Crippen LogP contribution in [-0.4, -0.2) is 23.3 Å². The summed E-state index contributed by atoms with van der Waals surface area (Å²) >= 11 is 0. The van der Waals surface area contributed by atoms with Crippen LogP contribution in [0.4, 0.5) is 5.69 Å². The van der Waals surface area contributed by atoms with Gasteiger partial charge in [0.1, 0.15) is 5.78 Å². The number of amides is 2. The van der Waals surface area contributed by atoms with Gasteiger partial charge >= 0.3 is 0 Å². The maximum Gasteiger partial charge on any atom is 0.271 e. The van der Waals surface area contributed by atoms with E-state index >= 15 is 0 Å². The Morgan fingerprint density at radius 1 is 1.15 bits per heavy atom. The Morgan fingerprint density at radius 2 is 1.85 bits per heavy atom. The van der Waals surface area contributed by atoms with Gasteiger partial charge in [-0.3, -0.25) is 14.4 Å². The topological polar surface area (TPSA) is 87.6 Å². The van der Waals surface area contributed by atoms with Crippen molar-refractivity contribution in [2.75, 3.05) is 5.32 Å². The number of carbonyl (C=O) groups is 3. The van der Waals surface area contributed by atoms with Gasteiger partial charge in [0.2, 0.25) is 5.91 Å². The first-order valence-corrected chi connectivity index (χ1v) is 9.06. The van der Waals surface area contributed by atoms with Crippen molar-refractivity contribution >= 4 is 29.0 Å². The minimum atomic E-state index is -0.336. The van der Waals surface area contributed by atoms with Gasteiger partial charge in [-0.25, -0.2) is 5.43 Å². The van der Waals surface area contributed by atoms with Crippen LogP contribution in [-0.2, 0) is 9.59 Å². The third-order valence-corrected chi connectivity index (χ3v) is 4.26. The van der Waals surface area contributed by atoms with Crippen molar-refractivity contribution in [3.05, 3.63) is 29.8 Å². The van der Waals surface area contributed by atoms with E-state index in [9.17, 15) is 14.4 Å². The molecule has 2 amide bonds. The molecule has 0 atom stereocenters. The van der Waals surface area contributed by atoms with Crippen molar-refractivity contribution in [2.45, 2.75) is 59.3 Å². The number of hydrazone groups is 1. The van der Waals surface area contributed by atoms with Gasteiger partial charge in [0.15, 0.2) is 0 Å². The Balaban J connectivity index is 1.92. The second kappa shape index (κ2) is 8.74. The van der Waals surface area contributed by atoms with Crippen molar-refractivity contribution in [1.82, 2.24) is 5.43 Å². The molecule has 1 aromatic carbocycles. The summed E-state index contributed by atoms with van der Waals surface area (Å²) in [6.45, 7) is 6.08. The molecule has 6 nitrogen and oxygen atoms in total. The van der Waals surface area contributed by atoms with Gasteiger partial charge in [-0.1, -0.05) is 27.2 Å². The monoisotopic (exact) mass is 357 g/mol. The quantitative estimate of drug-likeness (QED) is 0.761. The summed E-state index contributed by atoms with van der Waals surface area (Å²) in [5, 5.41) is 6.94. The minimum Gasteiger partial charge on any atom is -0.326 e. The van der Waals surface area contributed by atoms with Crippen LogP contribution in [0.3, 0.4) is 0 Å². The summed E-state index contributed by atoms with van der Waals surface area (Å²) < 4.78 is 0. The molecule has 6 heteroatoms. The maximum absolute atomic E-state index is 12.2. The second-order valence-electron chi connectivity index (χ2n) is 7.58. The molecule has 0 unspecified atom stereocenters. The zero-order chi connectivity index (χ0) is 19.2. The van der Waals surface area contributed by atoms with Crippen LogP contribution >= 0.6 is 0 Å². The average molecular weight is 357 g/mol. The number of benzene rings is 1. The normalized spacial score (nSPS) is 17.8. The van der Waals surface area contributed by atoms with E-state index in [1.807, 2.05) is 20.8 Å². The lowest BCUT2D eigenvalue weighted by atomic mass is 9.76. The molecule has 1 aliphatic rings. The summed E-state index contributed by atoms with van der Waals surface area (Å²) in [4.78, 5) is 35.7. The molecule has 1 aromatic rings. The predicted molar refractivity (Wildman–Crippen MR) is 102 cm³/mol. The molecule has 1 fully saturated rings. The number of ketones is 1. The van der Waals surface area contributed by atoms with Crippen LogP contribution < -0.4 is 10.7 Å². The third-order valence-electron chi connectivity index (χ3n) is 4.26. The molecule has 1 saturated carbocycles. The first-order valence-electron chi connectivity index (χ1n) is 9.06. The molecule has 2 N–H and O–H groups in total. The van der Waals surface area contributed by atoms with E-state index in [0.29, 0.717) is 42.6 Å². The number of anilines is 1. The van der Waals surface area contributed by atoms with Gasteiger partial charge in [-0.15, -0.1) is 0 Å². The maximum atomic E-state index is 12.2. The SMILES string of the molecule is CCCCC(=O)Nc1ccc(C(=O)N/N=C2\CC(=O)CC(C)(C)C2)cc1. The number of Topliss-reactive ketones (excluding diaryl/α,β-unsaturated/α-hetero) is 1. The fourth-order valence-corrected chi connectivity index (χ4v) is 3.04. The molecule has 0 spiro atoms. The highest BCUT2D eigenvalue weighted by atomic mass is 16.2. The van der Waals surface area contributed by atoms with Crippen molar-refractivity contribution in [3.63, 3.8) is 0 Å². The van der Waals surface area contributed by atoms with E-state index in [-0.39, 0.29) is 23.0 Å². The molecule has 2 rings (SSSR count). The van der Waals surface area contributed by atoms with E-state index in [4.69, 9.17) is 0 Å². The van der Waals surface area contributed by atoms with Crippen LogP contribution in [0.5, 0.6) is 0 Å². The number of hydrogen-bond donors (Lipinski definition) is 2. The molecule has 0 aromatic heterocycles. The van der Waals surface area contributed by atoms with Crippen molar-refractivity contribution in [2.24, 2.45) is 10.5 Å². The van der Waals surface area contributed by atoms with Gasteiger partial charge in [0.05, 0.1) is 0 Å². The molecular formula is C20H27N3O3. The number of unbranched alkanes of at least 4 members (excludes halogenated alkanes) is 1. The number of nitrogens with zero attached hydrogens (tertiary/aromatic N) is 1. The zero-order valence-corrected chi connectivity index (χ0v) is 15.7. The molecule has 0 radical (unpaired) electrons. The average Bonchev–Trinajstić information content (AvgIpc) is 2.57. The molecular weight excluding hydrogens is 330 g/mol. The first-order chi connectivity index (χ1) is 12.3. The summed E-state index contributed by atoms with van der Waals surface area (Å²) in [5.74, 6) is -0.213. The highest BCUT2D eigenvalue weighted by Crippen LogP contribution is 2.31. The van der Waals surface area contributed by atoms with Gasteiger partial charge < -0.3 is 5.32 Å². The second-order valence-corrected chi connectivity index (χ2v) is 7.58. The molecule has 0 heterocycles. The Labute approximate surface area is 154 Å². The fourth-order valence-electron chi connectivity index (χ4n) is 3.04. The van der Waals surface area contributed by atoms with Crippen molar-refractivity contribution in [1.29, 1.82) is 0 Å². The first kappa shape index (κ1) is 19.8. The summed E-state index contributed by atoms with van der Waals surface area (Å²) in [6, 6.07) is 6.67. The Hall–Kier alpha value is -2.50. The molecule has 140 valence electrons. The summed E-state index contributed by atoms with van der Waals surface area (Å²) in [6.07, 6.45) is 3.86. The standard InChI is InChI=1S/C20H27N3O3/c1-4-5-6-18(25)21-15-9-7-14(8-10-15)19(26)23-22-16-11-17(24)13-20(2,3)12-16/h7-10H,4-6,11-13H2,1-3H3,(H,21,25)(H,23,26)/b22-16+. The van der Waals surface area contributed by atoms with E-state index in [1.54, 1.807) is 24.3 Å². The van der Waals surface area contributed by atoms with Crippen LogP contribution in [0.2, 0.25) is 0 Å². The molecule has 26 heavy (non-hydrogen) atoms. The van der Waals surface area contributed by atoms with Gasteiger partial charge in [0, 0.05) is 36.2 Å². The number of nitrogens with one attached hydrogen (secondary N) is 2. The smallest absolute Gasteiger partial charge is 0.271 e. The highest BCUT2D eigenvalue weighted by Gasteiger charge is 2.30. The molecule has 1 aliphatic carbocycles. The lowest BCUT2D eigenvalue weighted by Crippen LogP contribution is -2.31. The molecule has 0 saturated heterocycles. The third kappa shape index (κ3) is 6.10. The largest absolute Gasteiger partial charge is 0.326 e. The number of rotatable bonds is 6. The lowest BCUT2D eigenvalue weighted by molar-refractivity contribution is -0.120. The Kier molecular flexibility index (Phi) is 6.66. The predicted octanol–water partition coefficient (Wildman–Crippen LogP) is 3.68. The molecule has 0 bridgehead atoms. The van der Waals surface area contributed by atoms with Crippen LogP contribution in [0.1, 0.15) is 69.7 Å². The Bertz CT molecular complexity index is 706. The summed E-state index contributed by atoms with van der Waals surface area (Å²) in [5.41, 5.74) is 4.23.